The van der Waals surface area contributed by atoms with Crippen LogP contribution in [-0.2, 0) is 6.42 Å². The van der Waals surface area contributed by atoms with E-state index in [-0.39, 0.29) is 5.78 Å². The van der Waals surface area contributed by atoms with Gasteiger partial charge in [-0.15, -0.1) is 0 Å². The Kier molecular flexibility index (Phi) is 3.24. The smallest absolute Gasteiger partial charge is 0.193 e. The van der Waals surface area contributed by atoms with Gasteiger partial charge in [0, 0.05) is 16.8 Å². The molecular formula is C15H15NO. The molecule has 2 nitrogen and oxygen atoms in total. The van der Waals surface area contributed by atoms with Gasteiger partial charge in [-0.2, -0.15) is 0 Å². The van der Waals surface area contributed by atoms with Crippen molar-refractivity contribution in [1.29, 1.82) is 0 Å². The van der Waals surface area contributed by atoms with E-state index in [0.717, 1.165) is 6.42 Å². The average molecular weight is 225 g/mol. The maximum atomic E-state index is 12.1. The molecule has 0 saturated carbocycles. The van der Waals surface area contributed by atoms with Gasteiger partial charge in [-0.1, -0.05) is 31.2 Å². The average Bonchev–Trinajstić information content (AvgIpc) is 2.39. The zero-order valence-electron chi connectivity index (χ0n) is 9.81. The first kappa shape index (κ1) is 11.4. The summed E-state index contributed by atoms with van der Waals surface area (Å²) in [6.45, 7) is 2.09. The van der Waals surface area contributed by atoms with E-state index in [4.69, 9.17) is 5.73 Å². The maximum absolute atomic E-state index is 12.1. The SMILES string of the molecule is CCc1ccc(C(=O)c2ccc(N)cc2)cc1. The molecule has 0 aliphatic heterocycles. The van der Waals surface area contributed by atoms with Crippen LogP contribution >= 0.6 is 0 Å². The lowest BCUT2D eigenvalue weighted by atomic mass is 10.0. The van der Waals surface area contributed by atoms with Gasteiger partial charge in [0.15, 0.2) is 5.78 Å². The number of benzene rings is 2. The number of hydrogen-bond donors (Lipinski definition) is 1. The largest absolute Gasteiger partial charge is 0.399 e. The zero-order chi connectivity index (χ0) is 12.3. The topological polar surface area (TPSA) is 43.1 Å². The van der Waals surface area contributed by atoms with Crippen molar-refractivity contribution in [2.24, 2.45) is 0 Å². The number of carbonyl (C=O) groups excluding carboxylic acids is 1. The first-order valence-electron chi connectivity index (χ1n) is 5.70. The molecule has 0 atom stereocenters. The van der Waals surface area contributed by atoms with Gasteiger partial charge in [-0.05, 0) is 36.2 Å². The molecular weight excluding hydrogens is 210 g/mol. The zero-order valence-corrected chi connectivity index (χ0v) is 9.81. The van der Waals surface area contributed by atoms with Gasteiger partial charge in [0.2, 0.25) is 0 Å². The molecule has 17 heavy (non-hydrogen) atoms. The lowest BCUT2D eigenvalue weighted by Gasteiger charge is -2.03. The molecule has 0 amide bonds. The first-order valence-corrected chi connectivity index (χ1v) is 5.70. The van der Waals surface area contributed by atoms with E-state index in [2.05, 4.69) is 6.92 Å². The third-order valence-electron chi connectivity index (χ3n) is 2.80. The number of rotatable bonds is 3. The molecule has 86 valence electrons. The van der Waals surface area contributed by atoms with Gasteiger partial charge in [-0.25, -0.2) is 0 Å². The Morgan fingerprint density at radius 1 is 0.941 bits per heavy atom. The Hall–Kier alpha value is -2.09. The third kappa shape index (κ3) is 2.53. The van der Waals surface area contributed by atoms with Gasteiger partial charge >= 0.3 is 0 Å². The van der Waals surface area contributed by atoms with Crippen LogP contribution in [0.3, 0.4) is 0 Å². The normalized spacial score (nSPS) is 10.2. The van der Waals surface area contributed by atoms with Crippen LogP contribution in [0.4, 0.5) is 5.69 Å². The highest BCUT2D eigenvalue weighted by molar-refractivity contribution is 6.09. The minimum Gasteiger partial charge on any atom is -0.399 e. The molecule has 0 radical (unpaired) electrons. The van der Waals surface area contributed by atoms with Crippen molar-refractivity contribution >= 4 is 11.5 Å². The third-order valence-corrected chi connectivity index (χ3v) is 2.80. The van der Waals surface area contributed by atoms with Gasteiger partial charge in [0.05, 0.1) is 0 Å². The number of ketones is 1. The van der Waals surface area contributed by atoms with Crippen molar-refractivity contribution < 1.29 is 4.79 Å². The van der Waals surface area contributed by atoms with Crippen LogP contribution in [0.15, 0.2) is 48.5 Å². The van der Waals surface area contributed by atoms with E-state index in [9.17, 15) is 4.79 Å². The minimum absolute atomic E-state index is 0.0349. The molecule has 0 fully saturated rings. The lowest BCUT2D eigenvalue weighted by molar-refractivity contribution is 0.103. The Morgan fingerprint density at radius 3 is 1.88 bits per heavy atom. The van der Waals surface area contributed by atoms with E-state index < -0.39 is 0 Å². The summed E-state index contributed by atoms with van der Waals surface area (Å²) >= 11 is 0. The number of aryl methyl sites for hydroxylation is 1. The second kappa shape index (κ2) is 4.83. The molecule has 2 rings (SSSR count). The lowest BCUT2D eigenvalue weighted by Crippen LogP contribution is -2.01. The predicted molar refractivity (Wildman–Crippen MR) is 70.1 cm³/mol. The second-order valence-electron chi connectivity index (χ2n) is 4.00. The number of hydrogen-bond acceptors (Lipinski definition) is 2. The summed E-state index contributed by atoms with van der Waals surface area (Å²) in [5.41, 5.74) is 8.88. The highest BCUT2D eigenvalue weighted by Gasteiger charge is 2.08. The Balaban J connectivity index is 2.27. The molecule has 0 saturated heterocycles. The fraction of sp³-hybridized carbons (Fsp3) is 0.133. The molecule has 0 aliphatic rings. The highest BCUT2D eigenvalue weighted by atomic mass is 16.1. The van der Waals surface area contributed by atoms with Crippen LogP contribution in [0.2, 0.25) is 0 Å². The highest BCUT2D eigenvalue weighted by Crippen LogP contribution is 2.13. The monoisotopic (exact) mass is 225 g/mol. The molecule has 0 heterocycles. The second-order valence-corrected chi connectivity index (χ2v) is 4.00. The van der Waals surface area contributed by atoms with E-state index in [1.165, 1.54) is 5.56 Å². The molecule has 2 N–H and O–H groups in total. The van der Waals surface area contributed by atoms with Crippen molar-refractivity contribution in [3.63, 3.8) is 0 Å². The predicted octanol–water partition coefficient (Wildman–Crippen LogP) is 3.06. The van der Waals surface area contributed by atoms with Crippen LogP contribution in [-0.4, -0.2) is 5.78 Å². The van der Waals surface area contributed by atoms with Crippen molar-refractivity contribution in [3.05, 3.63) is 65.2 Å². The molecule has 0 unspecified atom stereocenters. The molecule has 2 heteroatoms. The molecule has 2 aromatic carbocycles. The van der Waals surface area contributed by atoms with Gasteiger partial charge in [-0.3, -0.25) is 4.79 Å². The van der Waals surface area contributed by atoms with Crippen molar-refractivity contribution in [3.8, 4) is 0 Å². The Labute approximate surface area is 101 Å². The van der Waals surface area contributed by atoms with Gasteiger partial charge < -0.3 is 5.73 Å². The standard InChI is InChI=1S/C15H15NO/c1-2-11-3-5-12(6-4-11)15(17)13-7-9-14(16)10-8-13/h3-10H,2,16H2,1H3. The quantitative estimate of drug-likeness (QED) is 0.644. The summed E-state index contributed by atoms with van der Waals surface area (Å²) < 4.78 is 0. The Bertz CT molecular complexity index is 512. The van der Waals surface area contributed by atoms with Crippen molar-refractivity contribution in [2.45, 2.75) is 13.3 Å². The van der Waals surface area contributed by atoms with Crippen LogP contribution in [0.25, 0.3) is 0 Å². The number of nitrogens with two attached hydrogens (primary N) is 1. The number of anilines is 1. The molecule has 2 aromatic rings. The number of carbonyl (C=O) groups is 1. The fourth-order valence-electron chi connectivity index (χ4n) is 1.69. The molecule has 0 aliphatic carbocycles. The fourth-order valence-corrected chi connectivity index (χ4v) is 1.69. The maximum Gasteiger partial charge on any atom is 0.193 e. The van der Waals surface area contributed by atoms with E-state index >= 15 is 0 Å². The molecule has 0 bridgehead atoms. The number of nitrogen functional groups attached to an aromatic ring is 1. The van der Waals surface area contributed by atoms with Crippen LogP contribution in [0, 0.1) is 0 Å². The van der Waals surface area contributed by atoms with Crippen molar-refractivity contribution in [2.75, 3.05) is 5.73 Å². The van der Waals surface area contributed by atoms with Crippen LogP contribution < -0.4 is 5.73 Å². The summed E-state index contributed by atoms with van der Waals surface area (Å²) in [4.78, 5) is 12.1. The Morgan fingerprint density at radius 2 is 1.41 bits per heavy atom. The first-order chi connectivity index (χ1) is 8.20. The minimum atomic E-state index is 0.0349. The van der Waals surface area contributed by atoms with E-state index in [1.807, 2.05) is 24.3 Å². The van der Waals surface area contributed by atoms with Gasteiger partial charge in [0.1, 0.15) is 0 Å². The summed E-state index contributed by atoms with van der Waals surface area (Å²) in [5, 5.41) is 0. The van der Waals surface area contributed by atoms with Crippen molar-refractivity contribution in [1.82, 2.24) is 0 Å². The van der Waals surface area contributed by atoms with E-state index in [1.54, 1.807) is 24.3 Å². The summed E-state index contributed by atoms with van der Waals surface area (Å²) in [6.07, 6.45) is 0.982. The summed E-state index contributed by atoms with van der Waals surface area (Å²) in [5.74, 6) is 0.0349. The van der Waals surface area contributed by atoms with Gasteiger partial charge in [0.25, 0.3) is 0 Å². The van der Waals surface area contributed by atoms with Crippen LogP contribution in [0.5, 0.6) is 0 Å². The summed E-state index contributed by atoms with van der Waals surface area (Å²) in [6, 6.07) is 14.7. The van der Waals surface area contributed by atoms with Crippen LogP contribution in [0.1, 0.15) is 28.4 Å². The molecule has 0 spiro atoms. The van der Waals surface area contributed by atoms with E-state index in [0.29, 0.717) is 16.8 Å². The summed E-state index contributed by atoms with van der Waals surface area (Å²) in [7, 11) is 0. The molecule has 0 aromatic heterocycles.